The zero-order valence-corrected chi connectivity index (χ0v) is 17.0. The number of hydrogen-bond donors (Lipinski definition) is 2. The van der Waals surface area contributed by atoms with Crippen molar-refractivity contribution in [2.24, 2.45) is 0 Å². The van der Waals surface area contributed by atoms with Gasteiger partial charge >= 0.3 is 0 Å². The number of rotatable bonds is 6. The first-order valence-electron chi connectivity index (χ1n) is 9.03. The SMILES string of the molecule is COc1ccc(NC(=O)c2ccc3c(c2)OCO3)cc1NS(=O)(=O)c1ccc(F)cc1. The third kappa shape index (κ3) is 4.38. The van der Waals surface area contributed by atoms with Crippen LogP contribution in [0.1, 0.15) is 10.4 Å². The summed E-state index contributed by atoms with van der Waals surface area (Å²) in [5.41, 5.74) is 0.782. The van der Waals surface area contributed by atoms with Crippen molar-refractivity contribution in [2.45, 2.75) is 4.90 Å². The molecule has 3 aromatic rings. The van der Waals surface area contributed by atoms with Crippen LogP contribution in [0.2, 0.25) is 0 Å². The van der Waals surface area contributed by atoms with Gasteiger partial charge in [0, 0.05) is 11.3 Å². The fourth-order valence-corrected chi connectivity index (χ4v) is 3.99. The summed E-state index contributed by atoms with van der Waals surface area (Å²) in [5, 5.41) is 2.70. The van der Waals surface area contributed by atoms with Gasteiger partial charge in [0.25, 0.3) is 15.9 Å². The molecule has 0 saturated carbocycles. The van der Waals surface area contributed by atoms with Gasteiger partial charge in [-0.2, -0.15) is 0 Å². The van der Waals surface area contributed by atoms with Crippen molar-refractivity contribution >= 4 is 27.3 Å². The molecule has 0 atom stereocenters. The molecule has 0 unspecified atom stereocenters. The van der Waals surface area contributed by atoms with Gasteiger partial charge in [-0.05, 0) is 60.7 Å². The van der Waals surface area contributed by atoms with Crippen molar-refractivity contribution < 1.29 is 31.8 Å². The highest BCUT2D eigenvalue weighted by Crippen LogP contribution is 2.33. The van der Waals surface area contributed by atoms with Crippen molar-refractivity contribution in [2.75, 3.05) is 23.9 Å². The van der Waals surface area contributed by atoms with E-state index in [4.69, 9.17) is 14.2 Å². The lowest BCUT2D eigenvalue weighted by Crippen LogP contribution is -2.15. The Kier molecular flexibility index (Phi) is 5.38. The van der Waals surface area contributed by atoms with Crippen LogP contribution >= 0.6 is 0 Å². The Bertz CT molecular complexity index is 1250. The van der Waals surface area contributed by atoms with Gasteiger partial charge in [0.2, 0.25) is 6.79 Å². The minimum absolute atomic E-state index is 0.0937. The van der Waals surface area contributed by atoms with Crippen LogP contribution in [0.4, 0.5) is 15.8 Å². The fraction of sp³-hybridized carbons (Fsp3) is 0.0952. The van der Waals surface area contributed by atoms with E-state index in [-0.39, 0.29) is 23.1 Å². The van der Waals surface area contributed by atoms with E-state index in [1.54, 1.807) is 24.3 Å². The number of benzene rings is 3. The third-order valence-electron chi connectivity index (χ3n) is 4.46. The zero-order valence-electron chi connectivity index (χ0n) is 16.2. The molecule has 8 nitrogen and oxygen atoms in total. The summed E-state index contributed by atoms with van der Waals surface area (Å²) in [6, 6.07) is 13.7. The van der Waals surface area contributed by atoms with E-state index in [9.17, 15) is 17.6 Å². The normalized spacial score (nSPS) is 12.3. The van der Waals surface area contributed by atoms with Crippen LogP contribution in [-0.2, 0) is 10.0 Å². The maximum atomic E-state index is 13.1. The van der Waals surface area contributed by atoms with E-state index in [2.05, 4.69) is 10.0 Å². The number of amides is 1. The van der Waals surface area contributed by atoms with Crippen molar-refractivity contribution in [3.05, 3.63) is 72.0 Å². The lowest BCUT2D eigenvalue weighted by Gasteiger charge is -2.14. The number of methoxy groups -OCH3 is 1. The molecule has 0 aliphatic carbocycles. The average molecular weight is 444 g/mol. The highest BCUT2D eigenvalue weighted by atomic mass is 32.2. The van der Waals surface area contributed by atoms with Crippen LogP contribution in [0.5, 0.6) is 17.2 Å². The Morgan fingerprint density at radius 2 is 1.74 bits per heavy atom. The van der Waals surface area contributed by atoms with Gasteiger partial charge in [0.15, 0.2) is 11.5 Å². The molecule has 1 aliphatic heterocycles. The monoisotopic (exact) mass is 444 g/mol. The standard InChI is InChI=1S/C21H17FN2O6S/c1-28-18-9-5-15(23-21(25)13-2-8-19-20(10-13)30-12-29-19)11-17(18)24-31(26,27)16-6-3-14(22)4-7-16/h2-11,24H,12H2,1H3,(H,23,25). The third-order valence-corrected chi connectivity index (χ3v) is 5.84. The molecule has 0 bridgehead atoms. The number of carbonyl (C=O) groups excluding carboxylic acids is 1. The molecule has 3 aromatic carbocycles. The summed E-state index contributed by atoms with van der Waals surface area (Å²) >= 11 is 0. The first-order valence-corrected chi connectivity index (χ1v) is 10.5. The maximum absolute atomic E-state index is 13.1. The lowest BCUT2D eigenvalue weighted by atomic mass is 10.2. The summed E-state index contributed by atoms with van der Waals surface area (Å²) in [6.07, 6.45) is 0. The Morgan fingerprint density at radius 3 is 2.48 bits per heavy atom. The summed E-state index contributed by atoms with van der Waals surface area (Å²) in [7, 11) is -2.62. The second kappa shape index (κ2) is 8.15. The summed E-state index contributed by atoms with van der Waals surface area (Å²) in [6.45, 7) is 0.0937. The van der Waals surface area contributed by atoms with Crippen LogP contribution in [0, 0.1) is 5.82 Å². The highest BCUT2D eigenvalue weighted by Gasteiger charge is 2.19. The number of sulfonamides is 1. The van der Waals surface area contributed by atoms with E-state index in [0.29, 0.717) is 22.7 Å². The number of halogens is 1. The Morgan fingerprint density at radius 1 is 1.00 bits per heavy atom. The fourth-order valence-electron chi connectivity index (χ4n) is 2.92. The van der Waals surface area contributed by atoms with Gasteiger partial charge in [-0.3, -0.25) is 9.52 Å². The maximum Gasteiger partial charge on any atom is 0.262 e. The number of carbonyl (C=O) groups is 1. The quantitative estimate of drug-likeness (QED) is 0.602. The Hall–Kier alpha value is -3.79. The van der Waals surface area contributed by atoms with Crippen molar-refractivity contribution in [1.82, 2.24) is 0 Å². The van der Waals surface area contributed by atoms with Gasteiger partial charge in [-0.1, -0.05) is 0 Å². The molecule has 4 rings (SSSR count). The molecule has 1 aliphatic rings. The van der Waals surface area contributed by atoms with Crippen molar-refractivity contribution in [3.8, 4) is 17.2 Å². The second-order valence-corrected chi connectivity index (χ2v) is 8.18. The largest absolute Gasteiger partial charge is 0.495 e. The lowest BCUT2D eigenvalue weighted by molar-refractivity contribution is 0.102. The van der Waals surface area contributed by atoms with Crippen LogP contribution in [0.25, 0.3) is 0 Å². The van der Waals surface area contributed by atoms with Gasteiger partial charge in [-0.15, -0.1) is 0 Å². The van der Waals surface area contributed by atoms with Crippen LogP contribution in [-0.4, -0.2) is 28.2 Å². The van der Waals surface area contributed by atoms with Gasteiger partial charge in [0.1, 0.15) is 11.6 Å². The highest BCUT2D eigenvalue weighted by molar-refractivity contribution is 7.92. The first kappa shape index (κ1) is 20.5. The molecule has 0 fully saturated rings. The number of nitrogens with one attached hydrogen (secondary N) is 2. The molecule has 0 spiro atoms. The zero-order chi connectivity index (χ0) is 22.0. The van der Waals surface area contributed by atoms with E-state index in [1.807, 2.05) is 0 Å². The number of anilines is 2. The summed E-state index contributed by atoms with van der Waals surface area (Å²) in [4.78, 5) is 12.5. The second-order valence-electron chi connectivity index (χ2n) is 6.50. The molecule has 1 amide bonds. The van der Waals surface area contributed by atoms with Crippen LogP contribution in [0.15, 0.2) is 65.6 Å². The summed E-state index contributed by atoms with van der Waals surface area (Å²) in [5.74, 6) is 0.293. The van der Waals surface area contributed by atoms with E-state index < -0.39 is 21.7 Å². The molecule has 160 valence electrons. The Balaban J connectivity index is 1.57. The first-order chi connectivity index (χ1) is 14.9. The molecule has 0 aromatic heterocycles. The molecule has 10 heteroatoms. The Labute approximate surface area is 177 Å². The molecule has 2 N–H and O–H groups in total. The van der Waals surface area contributed by atoms with Crippen molar-refractivity contribution in [3.63, 3.8) is 0 Å². The van der Waals surface area contributed by atoms with Crippen LogP contribution in [0.3, 0.4) is 0 Å². The predicted molar refractivity (Wildman–Crippen MR) is 111 cm³/mol. The van der Waals surface area contributed by atoms with Crippen molar-refractivity contribution in [1.29, 1.82) is 0 Å². The molecule has 0 saturated heterocycles. The minimum Gasteiger partial charge on any atom is -0.495 e. The minimum atomic E-state index is -4.01. The van der Waals surface area contributed by atoms with Gasteiger partial charge in [-0.25, -0.2) is 12.8 Å². The predicted octanol–water partition coefficient (Wildman–Crippen LogP) is 3.62. The topological polar surface area (TPSA) is 103 Å². The number of fused-ring (bicyclic) bond motifs is 1. The van der Waals surface area contributed by atoms with E-state index in [1.165, 1.54) is 19.2 Å². The molecular formula is C21H17FN2O6S. The smallest absolute Gasteiger partial charge is 0.262 e. The molecule has 31 heavy (non-hydrogen) atoms. The van der Waals surface area contributed by atoms with Gasteiger partial charge in [0.05, 0.1) is 17.7 Å². The van der Waals surface area contributed by atoms with Crippen LogP contribution < -0.4 is 24.2 Å². The molecule has 1 heterocycles. The molecular weight excluding hydrogens is 427 g/mol. The summed E-state index contributed by atoms with van der Waals surface area (Å²) < 4.78 is 56.5. The number of hydrogen-bond acceptors (Lipinski definition) is 6. The molecule has 0 radical (unpaired) electrons. The van der Waals surface area contributed by atoms with E-state index in [0.717, 1.165) is 24.3 Å². The van der Waals surface area contributed by atoms with E-state index >= 15 is 0 Å². The van der Waals surface area contributed by atoms with Gasteiger partial charge < -0.3 is 19.5 Å². The average Bonchev–Trinajstić information content (AvgIpc) is 3.22. The number of ether oxygens (including phenoxy) is 3.